The number of para-hydroxylation sites is 3. The second kappa shape index (κ2) is 15.7. The van der Waals surface area contributed by atoms with Crippen LogP contribution in [0.15, 0.2) is 118 Å². The monoisotopic (exact) mass is 764 g/mol. The summed E-state index contributed by atoms with van der Waals surface area (Å²) in [7, 11) is 3.77. The number of hydrogen-bond acceptors (Lipinski definition) is 8. The zero-order valence-corrected chi connectivity index (χ0v) is 28.1. The number of benzene rings is 4. The molecule has 240 valence electrons. The van der Waals surface area contributed by atoms with Gasteiger partial charge in [-0.1, -0.05) is 48.5 Å². The van der Waals surface area contributed by atoms with Gasteiger partial charge in [0.1, 0.15) is 5.69 Å². The zero-order valence-electron chi connectivity index (χ0n) is 24.9. The number of anilines is 3. The molecule has 0 atom stereocenters. The number of nitrogens with zero attached hydrogens (tertiary/aromatic N) is 6. The molecule has 0 aliphatic heterocycles. The lowest BCUT2D eigenvalue weighted by atomic mass is 10.1. The van der Waals surface area contributed by atoms with E-state index in [1.807, 2.05) is 67.3 Å². The number of nitrogen functional groups attached to an aromatic ring is 1. The minimum absolute atomic E-state index is 0.0413. The Morgan fingerprint density at radius 1 is 0.723 bits per heavy atom. The molecule has 0 saturated heterocycles. The van der Waals surface area contributed by atoms with Crippen molar-refractivity contribution in [2.24, 2.45) is 14.1 Å². The van der Waals surface area contributed by atoms with E-state index in [4.69, 9.17) is 5.73 Å². The highest BCUT2D eigenvalue weighted by molar-refractivity contribution is 9.11. The van der Waals surface area contributed by atoms with Crippen LogP contribution in [0.2, 0.25) is 0 Å². The number of nitro benzene ring substituents is 2. The third-order valence-electron chi connectivity index (χ3n) is 6.51. The number of hydrogen-bond donors (Lipinski definition) is 2. The van der Waals surface area contributed by atoms with Crippen molar-refractivity contribution < 1.29 is 14.2 Å². The van der Waals surface area contributed by atoms with Crippen LogP contribution in [0.3, 0.4) is 0 Å². The van der Waals surface area contributed by atoms with Crippen LogP contribution in [-0.4, -0.2) is 29.4 Å². The quantitative estimate of drug-likeness (QED) is 0.0968. The maximum Gasteiger partial charge on any atom is 0.304 e. The lowest BCUT2D eigenvalue weighted by molar-refractivity contribution is -0.387. The fourth-order valence-corrected chi connectivity index (χ4v) is 5.55. The number of aromatic nitrogens is 4. The van der Waals surface area contributed by atoms with Crippen LogP contribution in [0.4, 0.5) is 32.8 Å². The molecule has 2 heterocycles. The molecule has 0 aliphatic rings. The van der Waals surface area contributed by atoms with E-state index in [0.717, 1.165) is 55.0 Å². The predicted octanol–water partition coefficient (Wildman–Crippen LogP) is 8.67. The van der Waals surface area contributed by atoms with E-state index < -0.39 is 21.4 Å². The molecule has 0 fully saturated rings. The van der Waals surface area contributed by atoms with Gasteiger partial charge in [-0.15, -0.1) is 0 Å². The van der Waals surface area contributed by atoms with E-state index in [-0.39, 0.29) is 5.69 Å². The highest BCUT2D eigenvalue weighted by Crippen LogP contribution is 2.32. The molecule has 0 spiro atoms. The Labute approximate surface area is 285 Å². The maximum atomic E-state index is 12.4. The molecule has 3 N–H and O–H groups in total. The molecule has 0 radical (unpaired) electrons. The van der Waals surface area contributed by atoms with Gasteiger partial charge in [0.15, 0.2) is 0 Å². The van der Waals surface area contributed by atoms with Crippen molar-refractivity contribution in [1.82, 2.24) is 19.6 Å². The third-order valence-corrected chi connectivity index (χ3v) is 7.67. The largest absolute Gasteiger partial charge is 0.399 e. The first kappa shape index (κ1) is 34.5. The Bertz CT molecular complexity index is 1990. The van der Waals surface area contributed by atoms with Crippen LogP contribution in [0.1, 0.15) is 0 Å². The molecule has 12 nitrogen and oxygen atoms in total. The lowest BCUT2D eigenvalue weighted by Crippen LogP contribution is -1.98. The smallest absolute Gasteiger partial charge is 0.304 e. The van der Waals surface area contributed by atoms with Crippen molar-refractivity contribution in [3.63, 3.8) is 0 Å². The van der Waals surface area contributed by atoms with Gasteiger partial charge in [0.05, 0.1) is 42.6 Å². The standard InChI is InChI=1S/C16H13BrN4O2.C10H10BrN3.C6H4FNO2/c1-20-16(13(17)10-18-20)11-5-4-6-12(9-11)19-14-7-2-3-8-15(14)21(22)23;1-14-10(9(11)6-13-14)7-3-2-4-8(12)5-7;7-5-3-1-2-4-6(5)8(9)10/h2-10,19H,1H3;2-6H,12H2,1H3;1-4H. The Morgan fingerprint density at radius 3 is 1.72 bits per heavy atom. The Balaban J connectivity index is 0.000000177. The molecule has 6 aromatic rings. The molecule has 4 aromatic carbocycles. The Morgan fingerprint density at radius 2 is 1.23 bits per heavy atom. The van der Waals surface area contributed by atoms with Crippen LogP contribution in [0.5, 0.6) is 0 Å². The first-order chi connectivity index (χ1) is 22.5. The second-order valence-electron chi connectivity index (χ2n) is 9.74. The highest BCUT2D eigenvalue weighted by atomic mass is 79.9. The molecular formula is C32H27Br2FN8O4. The van der Waals surface area contributed by atoms with Gasteiger partial charge in [-0.2, -0.15) is 14.6 Å². The van der Waals surface area contributed by atoms with Crippen molar-refractivity contribution in [2.45, 2.75) is 0 Å². The van der Waals surface area contributed by atoms with Gasteiger partial charge < -0.3 is 11.1 Å². The molecule has 0 unspecified atom stereocenters. The van der Waals surface area contributed by atoms with Gasteiger partial charge >= 0.3 is 5.69 Å². The van der Waals surface area contributed by atoms with Crippen LogP contribution in [0.25, 0.3) is 22.5 Å². The summed E-state index contributed by atoms with van der Waals surface area (Å²) in [5, 5.41) is 32.6. The van der Waals surface area contributed by atoms with Crippen LogP contribution >= 0.6 is 31.9 Å². The van der Waals surface area contributed by atoms with Crippen LogP contribution in [-0.2, 0) is 14.1 Å². The van der Waals surface area contributed by atoms with Crippen LogP contribution < -0.4 is 11.1 Å². The van der Waals surface area contributed by atoms with Gasteiger partial charge in [-0.25, -0.2) is 0 Å². The topological polar surface area (TPSA) is 160 Å². The van der Waals surface area contributed by atoms with Gasteiger partial charge in [0.25, 0.3) is 5.69 Å². The van der Waals surface area contributed by atoms with Crippen molar-refractivity contribution in [2.75, 3.05) is 11.1 Å². The van der Waals surface area contributed by atoms with Gasteiger partial charge in [0, 0.05) is 48.7 Å². The molecule has 0 saturated carbocycles. The average Bonchev–Trinajstić information content (AvgIpc) is 3.56. The number of nitrogens with one attached hydrogen (secondary N) is 1. The first-order valence-corrected chi connectivity index (χ1v) is 15.3. The molecule has 2 aromatic heterocycles. The maximum absolute atomic E-state index is 12.4. The third kappa shape index (κ3) is 8.86. The van der Waals surface area contributed by atoms with Crippen LogP contribution in [0, 0.1) is 26.0 Å². The van der Waals surface area contributed by atoms with Crippen molar-refractivity contribution in [3.8, 4) is 22.5 Å². The highest BCUT2D eigenvalue weighted by Gasteiger charge is 2.14. The first-order valence-electron chi connectivity index (χ1n) is 13.7. The second-order valence-corrected chi connectivity index (χ2v) is 11.5. The molecule has 47 heavy (non-hydrogen) atoms. The lowest BCUT2D eigenvalue weighted by Gasteiger charge is -2.09. The molecule has 0 amide bonds. The summed E-state index contributed by atoms with van der Waals surface area (Å²) in [6.45, 7) is 0. The van der Waals surface area contributed by atoms with E-state index in [1.54, 1.807) is 35.3 Å². The molecule has 0 bridgehead atoms. The fraction of sp³-hybridized carbons (Fsp3) is 0.0625. The van der Waals surface area contributed by atoms with Gasteiger partial charge in [-0.3, -0.25) is 29.6 Å². The van der Waals surface area contributed by atoms with Crippen molar-refractivity contribution in [1.29, 1.82) is 0 Å². The van der Waals surface area contributed by atoms with E-state index in [9.17, 15) is 24.6 Å². The number of nitro groups is 2. The number of aryl methyl sites for hydroxylation is 2. The average molecular weight is 766 g/mol. The molecule has 6 rings (SSSR count). The summed E-state index contributed by atoms with van der Waals surface area (Å²) in [6.07, 6.45) is 3.51. The minimum Gasteiger partial charge on any atom is -0.399 e. The van der Waals surface area contributed by atoms with E-state index in [1.165, 1.54) is 18.2 Å². The summed E-state index contributed by atoms with van der Waals surface area (Å²) in [5.74, 6) is -0.799. The summed E-state index contributed by atoms with van der Waals surface area (Å²) in [6, 6.07) is 27.0. The number of rotatable bonds is 6. The summed E-state index contributed by atoms with van der Waals surface area (Å²) in [4.78, 5) is 19.9. The molecule has 0 aliphatic carbocycles. The predicted molar refractivity (Wildman–Crippen MR) is 187 cm³/mol. The van der Waals surface area contributed by atoms with E-state index in [0.29, 0.717) is 5.69 Å². The zero-order chi connectivity index (χ0) is 34.1. The summed E-state index contributed by atoms with van der Waals surface area (Å²) >= 11 is 6.94. The van der Waals surface area contributed by atoms with Crippen molar-refractivity contribution >= 4 is 60.3 Å². The van der Waals surface area contributed by atoms with E-state index >= 15 is 0 Å². The van der Waals surface area contributed by atoms with Crippen molar-refractivity contribution in [3.05, 3.63) is 144 Å². The Hall–Kier alpha value is -5.41. The SMILES string of the molecule is Cn1ncc(Br)c1-c1cccc(N)c1.Cn1ncc(Br)c1-c1cccc(Nc2ccccc2[N+](=O)[O-])c1.O=[N+]([O-])c1ccccc1F. The number of nitrogens with two attached hydrogens (primary N) is 1. The minimum atomic E-state index is -0.799. The van der Waals surface area contributed by atoms with Gasteiger partial charge in [0.2, 0.25) is 5.82 Å². The normalized spacial score (nSPS) is 10.2. The molecular weight excluding hydrogens is 739 g/mol. The van der Waals surface area contributed by atoms with Gasteiger partial charge in [-0.05, 0) is 68.3 Å². The Kier molecular flexibility index (Phi) is 11.5. The summed E-state index contributed by atoms with van der Waals surface area (Å²) in [5.41, 5.74) is 11.3. The fourth-order valence-electron chi connectivity index (χ4n) is 4.39. The molecule has 15 heteroatoms. The summed E-state index contributed by atoms with van der Waals surface area (Å²) < 4.78 is 17.9. The number of halogens is 3. The van der Waals surface area contributed by atoms with E-state index in [2.05, 4.69) is 47.4 Å².